The Hall–Kier alpha value is -3.46. The largest absolute Gasteiger partial charge is 0.417 e. The molecule has 3 aromatic rings. The number of hydrogen-bond donors (Lipinski definition) is 3. The molecule has 0 saturated carbocycles. The van der Waals surface area contributed by atoms with Gasteiger partial charge in [0, 0.05) is 17.6 Å². The fourth-order valence-electron chi connectivity index (χ4n) is 2.02. The molecule has 0 aliphatic rings. The first-order valence-electron chi connectivity index (χ1n) is 6.93. The van der Waals surface area contributed by atoms with Crippen molar-refractivity contribution in [1.82, 2.24) is 15.0 Å². The number of anilines is 1. The van der Waals surface area contributed by atoms with Crippen molar-refractivity contribution in [3.05, 3.63) is 47.4 Å². The quantitative estimate of drug-likeness (QED) is 0.470. The number of aromatic nitrogens is 3. The zero-order valence-electron chi connectivity index (χ0n) is 12.7. The molecule has 0 bridgehead atoms. The molecule has 0 unspecified atom stereocenters. The van der Waals surface area contributed by atoms with Crippen molar-refractivity contribution in [2.75, 3.05) is 5.73 Å². The van der Waals surface area contributed by atoms with Crippen molar-refractivity contribution in [3.8, 4) is 11.8 Å². The number of nitrogen functional groups attached to an aromatic ring is 1. The van der Waals surface area contributed by atoms with Crippen LogP contribution in [0, 0.1) is 0 Å². The van der Waals surface area contributed by atoms with E-state index in [-0.39, 0.29) is 28.4 Å². The fourth-order valence-corrected chi connectivity index (χ4v) is 2.19. The second-order valence-corrected chi connectivity index (χ2v) is 5.23. The van der Waals surface area contributed by atoms with Gasteiger partial charge in [-0.15, -0.1) is 0 Å². The van der Waals surface area contributed by atoms with Gasteiger partial charge in [0.2, 0.25) is 5.88 Å². The molecular formula is C15H12ClN7O2. The molecule has 3 rings (SSSR count). The molecule has 1 amide bonds. The molecule has 1 aromatic carbocycles. The first kappa shape index (κ1) is 16.4. The van der Waals surface area contributed by atoms with Crippen LogP contribution in [0.1, 0.15) is 10.5 Å². The van der Waals surface area contributed by atoms with E-state index in [9.17, 15) is 4.79 Å². The lowest BCUT2D eigenvalue weighted by atomic mass is 10.2. The van der Waals surface area contributed by atoms with Gasteiger partial charge in [0.25, 0.3) is 5.88 Å². The number of nitrogens with zero attached hydrogens (tertiary/aromatic N) is 4. The molecule has 6 N–H and O–H groups in total. The van der Waals surface area contributed by atoms with Crippen LogP contribution in [-0.2, 0) is 0 Å². The minimum absolute atomic E-state index is 0.0943. The van der Waals surface area contributed by atoms with Crippen molar-refractivity contribution in [3.63, 3.8) is 0 Å². The van der Waals surface area contributed by atoms with Crippen molar-refractivity contribution in [1.29, 1.82) is 0 Å². The molecule has 9 nitrogen and oxygen atoms in total. The van der Waals surface area contributed by atoms with Crippen molar-refractivity contribution >= 4 is 40.1 Å². The van der Waals surface area contributed by atoms with Crippen LogP contribution >= 0.6 is 11.6 Å². The van der Waals surface area contributed by atoms with Gasteiger partial charge in [0.05, 0.1) is 0 Å². The summed E-state index contributed by atoms with van der Waals surface area (Å²) >= 11 is 6.00. The lowest BCUT2D eigenvalue weighted by Crippen LogP contribution is -2.24. The molecule has 2 aromatic heterocycles. The molecule has 0 aliphatic heterocycles. The number of amides is 1. The normalized spacial score (nSPS) is 10.4. The number of rotatable bonds is 3. The lowest BCUT2D eigenvalue weighted by Gasteiger charge is -2.08. The van der Waals surface area contributed by atoms with Gasteiger partial charge in [-0.1, -0.05) is 35.9 Å². The summed E-state index contributed by atoms with van der Waals surface area (Å²) < 4.78 is 5.52. The van der Waals surface area contributed by atoms with Gasteiger partial charge >= 0.3 is 5.91 Å². The van der Waals surface area contributed by atoms with Crippen LogP contribution in [0.3, 0.4) is 0 Å². The number of fused-ring (bicyclic) bond motifs is 1. The van der Waals surface area contributed by atoms with Crippen LogP contribution in [0.25, 0.3) is 10.8 Å². The highest BCUT2D eigenvalue weighted by atomic mass is 35.5. The van der Waals surface area contributed by atoms with Gasteiger partial charge in [-0.3, -0.25) is 4.79 Å². The van der Waals surface area contributed by atoms with E-state index >= 15 is 0 Å². The average molecular weight is 358 g/mol. The van der Waals surface area contributed by atoms with E-state index in [1.165, 1.54) is 0 Å². The predicted molar refractivity (Wildman–Crippen MR) is 93.4 cm³/mol. The molecule has 0 radical (unpaired) electrons. The number of carbonyl (C=O) groups is 1. The topological polar surface area (TPSA) is 155 Å². The van der Waals surface area contributed by atoms with E-state index in [0.717, 1.165) is 10.8 Å². The van der Waals surface area contributed by atoms with Crippen LogP contribution in [0.2, 0.25) is 5.15 Å². The van der Waals surface area contributed by atoms with Gasteiger partial charge in [0.15, 0.2) is 22.6 Å². The first-order chi connectivity index (χ1) is 11.9. The Labute approximate surface area is 146 Å². The average Bonchev–Trinajstić information content (AvgIpc) is 2.57. The number of pyridine rings is 1. The molecule has 10 heteroatoms. The maximum atomic E-state index is 11.8. The third-order valence-electron chi connectivity index (χ3n) is 3.09. The van der Waals surface area contributed by atoms with Crippen LogP contribution in [0.5, 0.6) is 11.8 Å². The zero-order valence-corrected chi connectivity index (χ0v) is 13.4. The summed E-state index contributed by atoms with van der Waals surface area (Å²) in [6.07, 6.45) is 1.64. The van der Waals surface area contributed by atoms with E-state index in [1.807, 2.05) is 24.3 Å². The zero-order chi connectivity index (χ0) is 18.0. The van der Waals surface area contributed by atoms with Gasteiger partial charge in [0.1, 0.15) is 0 Å². The molecule has 126 valence electrons. The second-order valence-electron chi connectivity index (χ2n) is 4.87. The highest BCUT2D eigenvalue weighted by molar-refractivity contribution is 6.31. The maximum Gasteiger partial charge on any atom is 0.302 e. The summed E-state index contributed by atoms with van der Waals surface area (Å²) in [5.41, 5.74) is 15.7. The molecule has 0 saturated heterocycles. The molecule has 0 fully saturated rings. The molecule has 0 spiro atoms. The number of nitrogens with two attached hydrogens (primary N) is 3. The Kier molecular flexibility index (Phi) is 4.31. The SMILES string of the molecule is NC(N)=NC(=O)c1nc(Cl)c(Oc2cc3ccccc3cn2)nc1N. The Bertz CT molecular complexity index is 1000. The number of ether oxygens (including phenoxy) is 1. The van der Waals surface area contributed by atoms with Crippen molar-refractivity contribution in [2.45, 2.75) is 0 Å². The monoisotopic (exact) mass is 357 g/mol. The predicted octanol–water partition coefficient (Wildman–Crippen LogP) is 1.47. The Morgan fingerprint density at radius 3 is 2.60 bits per heavy atom. The summed E-state index contributed by atoms with van der Waals surface area (Å²) in [7, 11) is 0. The number of halogens is 1. The maximum absolute atomic E-state index is 11.8. The van der Waals surface area contributed by atoms with E-state index in [1.54, 1.807) is 12.3 Å². The first-order valence-corrected chi connectivity index (χ1v) is 7.31. The Balaban J connectivity index is 1.93. The number of aliphatic imine (C=N–C) groups is 1. The molecule has 0 atom stereocenters. The Morgan fingerprint density at radius 1 is 1.16 bits per heavy atom. The second kappa shape index (κ2) is 6.57. The molecule has 0 aliphatic carbocycles. The van der Waals surface area contributed by atoms with Gasteiger partial charge in [-0.05, 0) is 5.39 Å². The van der Waals surface area contributed by atoms with Crippen LogP contribution in [-0.4, -0.2) is 26.8 Å². The van der Waals surface area contributed by atoms with Gasteiger partial charge in [-0.25, -0.2) is 9.97 Å². The summed E-state index contributed by atoms with van der Waals surface area (Å²) in [6, 6.07) is 9.33. The summed E-state index contributed by atoms with van der Waals surface area (Å²) in [4.78, 5) is 27.1. The minimum atomic E-state index is -0.859. The molecule has 2 heterocycles. The fraction of sp³-hybridized carbons (Fsp3) is 0. The van der Waals surface area contributed by atoms with Crippen LogP contribution < -0.4 is 21.9 Å². The van der Waals surface area contributed by atoms with E-state index in [4.69, 9.17) is 33.5 Å². The van der Waals surface area contributed by atoms with Crippen molar-refractivity contribution < 1.29 is 9.53 Å². The number of guanidine groups is 1. The standard InChI is InChI=1S/C15H12ClN7O2/c16-11-14(22-12(17)10(21-11)13(24)23-15(18)19)25-9-5-7-3-1-2-4-8(7)6-20-9/h1-6H,(H2,17,22)(H4,18,19,23,24). The summed E-state index contributed by atoms with van der Waals surface area (Å²) in [6.45, 7) is 0. The van der Waals surface area contributed by atoms with E-state index in [0.29, 0.717) is 0 Å². The number of hydrogen-bond acceptors (Lipinski definition) is 6. The minimum Gasteiger partial charge on any atom is -0.417 e. The third kappa shape index (κ3) is 3.56. The number of carbonyl (C=O) groups excluding carboxylic acids is 1. The molecular weight excluding hydrogens is 346 g/mol. The summed E-state index contributed by atoms with van der Waals surface area (Å²) in [5, 5.41) is 1.69. The van der Waals surface area contributed by atoms with Gasteiger partial charge < -0.3 is 21.9 Å². The van der Waals surface area contributed by atoms with Crippen LogP contribution in [0.4, 0.5) is 5.82 Å². The Morgan fingerprint density at radius 2 is 1.88 bits per heavy atom. The highest BCUT2D eigenvalue weighted by Crippen LogP contribution is 2.28. The highest BCUT2D eigenvalue weighted by Gasteiger charge is 2.18. The van der Waals surface area contributed by atoms with E-state index < -0.39 is 11.9 Å². The third-order valence-corrected chi connectivity index (χ3v) is 3.34. The van der Waals surface area contributed by atoms with Crippen molar-refractivity contribution in [2.24, 2.45) is 16.5 Å². The van der Waals surface area contributed by atoms with Gasteiger partial charge in [-0.2, -0.15) is 9.98 Å². The molecule has 25 heavy (non-hydrogen) atoms. The smallest absolute Gasteiger partial charge is 0.302 e. The lowest BCUT2D eigenvalue weighted by molar-refractivity contribution is 0.0998. The number of benzene rings is 1. The van der Waals surface area contributed by atoms with E-state index in [2.05, 4.69) is 19.9 Å². The summed E-state index contributed by atoms with van der Waals surface area (Å²) in [5.74, 6) is -1.36. The van der Waals surface area contributed by atoms with Crippen LogP contribution in [0.15, 0.2) is 41.5 Å².